The van der Waals surface area contributed by atoms with E-state index >= 15 is 0 Å². The predicted octanol–water partition coefficient (Wildman–Crippen LogP) is 2.87. The fourth-order valence-electron chi connectivity index (χ4n) is 1.42. The highest BCUT2D eigenvalue weighted by atomic mass is 35.5. The topological polar surface area (TPSA) is 68.0 Å². The van der Waals surface area contributed by atoms with Gasteiger partial charge in [-0.25, -0.2) is 0 Å². The highest BCUT2D eigenvalue weighted by Gasteiger charge is 2.19. The van der Waals surface area contributed by atoms with Crippen LogP contribution >= 0.6 is 23.2 Å². The lowest BCUT2D eigenvalue weighted by Crippen LogP contribution is -2.27. The van der Waals surface area contributed by atoms with Gasteiger partial charge in [0.25, 0.3) is 5.91 Å². The first-order valence-electron chi connectivity index (χ1n) is 5.10. The van der Waals surface area contributed by atoms with Crippen molar-refractivity contribution in [2.24, 2.45) is 0 Å². The van der Waals surface area contributed by atoms with E-state index in [1.165, 1.54) is 6.39 Å². The van der Waals surface area contributed by atoms with E-state index in [0.717, 1.165) is 0 Å². The van der Waals surface area contributed by atoms with Crippen molar-refractivity contribution in [3.63, 3.8) is 0 Å². The number of nitrogens with one attached hydrogen (secondary N) is 1. The predicted molar refractivity (Wildman–Crippen MR) is 66.6 cm³/mol. The molecule has 0 saturated carbocycles. The van der Waals surface area contributed by atoms with Crippen LogP contribution in [0.15, 0.2) is 29.1 Å². The van der Waals surface area contributed by atoms with Crippen molar-refractivity contribution in [2.75, 3.05) is 0 Å². The maximum atomic E-state index is 12.0. The van der Waals surface area contributed by atoms with Crippen LogP contribution in [-0.4, -0.2) is 16.0 Å². The van der Waals surface area contributed by atoms with Crippen molar-refractivity contribution in [1.29, 1.82) is 0 Å². The quantitative estimate of drug-likeness (QED) is 0.942. The average Bonchev–Trinajstić information content (AvgIpc) is 2.81. The molecule has 1 aromatic carbocycles. The van der Waals surface area contributed by atoms with Gasteiger partial charge in [-0.3, -0.25) is 4.79 Å². The Bertz CT molecular complexity index is 537. The lowest BCUT2D eigenvalue weighted by molar-refractivity contribution is 0.0938. The minimum atomic E-state index is -0.399. The number of hydrogen-bond acceptors (Lipinski definition) is 4. The van der Waals surface area contributed by atoms with Crippen molar-refractivity contribution in [3.05, 3.63) is 46.0 Å². The van der Waals surface area contributed by atoms with Crippen LogP contribution in [0, 0.1) is 0 Å². The van der Waals surface area contributed by atoms with E-state index in [4.69, 9.17) is 23.2 Å². The summed E-state index contributed by atoms with van der Waals surface area (Å²) in [4.78, 5) is 15.9. The molecule has 0 aliphatic carbocycles. The van der Waals surface area contributed by atoms with Crippen LogP contribution in [0.3, 0.4) is 0 Å². The standard InChI is InChI=1S/C11H9Cl2N3O2/c1-6(10-14-5-18-16-10)15-11(17)9-7(12)3-2-4-8(9)13/h2-6H,1H3,(H,15,17)/t6-/m0/s1. The molecule has 1 amide bonds. The Morgan fingerprint density at radius 3 is 2.61 bits per heavy atom. The molecule has 2 aromatic rings. The number of carbonyl (C=O) groups is 1. The fraction of sp³-hybridized carbons (Fsp3) is 0.182. The van der Waals surface area contributed by atoms with E-state index in [-0.39, 0.29) is 11.5 Å². The summed E-state index contributed by atoms with van der Waals surface area (Å²) in [6.07, 6.45) is 1.19. The first-order chi connectivity index (χ1) is 8.59. The second kappa shape index (κ2) is 5.37. The first kappa shape index (κ1) is 12.9. The summed E-state index contributed by atoms with van der Waals surface area (Å²) < 4.78 is 4.61. The summed E-state index contributed by atoms with van der Waals surface area (Å²) in [5.41, 5.74) is 0.233. The number of benzene rings is 1. The SMILES string of the molecule is C[C@H](NC(=O)c1c(Cl)cccc1Cl)c1ncon1. The van der Waals surface area contributed by atoms with Gasteiger partial charge >= 0.3 is 0 Å². The lowest BCUT2D eigenvalue weighted by atomic mass is 10.2. The van der Waals surface area contributed by atoms with Gasteiger partial charge in [-0.2, -0.15) is 4.98 Å². The third-order valence-electron chi connectivity index (χ3n) is 2.30. The molecule has 0 spiro atoms. The van der Waals surface area contributed by atoms with Crippen LogP contribution in [0.25, 0.3) is 0 Å². The summed E-state index contributed by atoms with van der Waals surface area (Å²) in [5.74, 6) is -0.00516. The van der Waals surface area contributed by atoms with Crippen molar-refractivity contribution in [1.82, 2.24) is 15.5 Å². The Hall–Kier alpha value is -1.59. The highest BCUT2D eigenvalue weighted by Crippen LogP contribution is 2.24. The van der Waals surface area contributed by atoms with Gasteiger partial charge in [-0.05, 0) is 19.1 Å². The van der Waals surface area contributed by atoms with Crippen molar-refractivity contribution in [2.45, 2.75) is 13.0 Å². The third kappa shape index (κ3) is 2.63. The largest absolute Gasteiger partial charge is 0.343 e. The molecule has 0 aliphatic rings. The monoisotopic (exact) mass is 285 g/mol. The number of aromatic nitrogens is 2. The molecular weight excluding hydrogens is 277 g/mol. The van der Waals surface area contributed by atoms with Gasteiger partial charge in [0.05, 0.1) is 21.7 Å². The summed E-state index contributed by atoms with van der Waals surface area (Å²) in [7, 11) is 0. The van der Waals surface area contributed by atoms with Gasteiger partial charge in [-0.15, -0.1) is 0 Å². The zero-order chi connectivity index (χ0) is 13.1. The molecule has 1 heterocycles. The minimum Gasteiger partial charge on any atom is -0.343 e. The van der Waals surface area contributed by atoms with Crippen molar-refractivity contribution < 1.29 is 9.32 Å². The van der Waals surface area contributed by atoms with Gasteiger partial charge in [0.2, 0.25) is 6.39 Å². The van der Waals surface area contributed by atoms with Crippen molar-refractivity contribution in [3.8, 4) is 0 Å². The molecule has 0 fully saturated rings. The molecule has 7 heteroatoms. The summed E-state index contributed by atoms with van der Waals surface area (Å²) in [5, 5.41) is 6.91. The molecule has 1 atom stereocenters. The molecule has 2 rings (SSSR count). The number of amides is 1. The Morgan fingerprint density at radius 2 is 2.06 bits per heavy atom. The Balaban J connectivity index is 2.18. The van der Waals surface area contributed by atoms with Crippen LogP contribution in [-0.2, 0) is 0 Å². The van der Waals surface area contributed by atoms with Gasteiger partial charge < -0.3 is 9.84 Å². The number of halogens is 2. The van der Waals surface area contributed by atoms with Crippen LogP contribution in [0.4, 0.5) is 0 Å². The molecule has 18 heavy (non-hydrogen) atoms. The number of nitrogens with zero attached hydrogens (tertiary/aromatic N) is 2. The molecule has 94 valence electrons. The number of rotatable bonds is 3. The van der Waals surface area contributed by atoms with E-state index in [1.807, 2.05) is 0 Å². The van der Waals surface area contributed by atoms with Crippen LogP contribution in [0.2, 0.25) is 10.0 Å². The molecule has 0 bridgehead atoms. The second-order valence-corrected chi connectivity index (χ2v) is 4.40. The molecule has 0 unspecified atom stereocenters. The molecular formula is C11H9Cl2N3O2. The molecule has 0 radical (unpaired) electrons. The van der Waals surface area contributed by atoms with Gasteiger partial charge in [0, 0.05) is 0 Å². The number of hydrogen-bond donors (Lipinski definition) is 1. The maximum absolute atomic E-state index is 12.0. The van der Waals surface area contributed by atoms with E-state index in [2.05, 4.69) is 20.0 Å². The van der Waals surface area contributed by atoms with E-state index in [9.17, 15) is 4.79 Å². The Kier molecular flexibility index (Phi) is 3.84. The van der Waals surface area contributed by atoms with E-state index in [1.54, 1.807) is 25.1 Å². The summed E-state index contributed by atoms with van der Waals surface area (Å²) >= 11 is 11.9. The first-order valence-corrected chi connectivity index (χ1v) is 5.86. The van der Waals surface area contributed by atoms with Gasteiger partial charge in [0.1, 0.15) is 0 Å². The van der Waals surface area contributed by atoms with Gasteiger partial charge in [0.15, 0.2) is 5.82 Å². The molecule has 5 nitrogen and oxygen atoms in total. The Morgan fingerprint density at radius 1 is 1.39 bits per heavy atom. The van der Waals surface area contributed by atoms with Crippen LogP contribution < -0.4 is 5.32 Å². The second-order valence-electron chi connectivity index (χ2n) is 3.58. The normalized spacial score (nSPS) is 12.2. The third-order valence-corrected chi connectivity index (χ3v) is 2.93. The highest BCUT2D eigenvalue weighted by molar-refractivity contribution is 6.39. The summed E-state index contributed by atoms with van der Waals surface area (Å²) in [6, 6.07) is 4.47. The smallest absolute Gasteiger partial charge is 0.254 e. The Labute approximate surface area is 113 Å². The lowest BCUT2D eigenvalue weighted by Gasteiger charge is -2.11. The molecule has 1 N–H and O–H groups in total. The minimum absolute atomic E-state index is 0.233. The average molecular weight is 286 g/mol. The zero-order valence-corrected chi connectivity index (χ0v) is 10.9. The van der Waals surface area contributed by atoms with E-state index in [0.29, 0.717) is 15.9 Å². The number of carbonyl (C=O) groups excluding carboxylic acids is 1. The molecule has 0 saturated heterocycles. The molecule has 0 aliphatic heterocycles. The fourth-order valence-corrected chi connectivity index (χ4v) is 1.99. The van der Waals surface area contributed by atoms with Crippen molar-refractivity contribution >= 4 is 29.1 Å². The molecule has 1 aromatic heterocycles. The van der Waals surface area contributed by atoms with Gasteiger partial charge in [-0.1, -0.05) is 34.4 Å². The maximum Gasteiger partial charge on any atom is 0.254 e. The van der Waals surface area contributed by atoms with E-state index < -0.39 is 6.04 Å². The van der Waals surface area contributed by atoms with Crippen LogP contribution in [0.5, 0.6) is 0 Å². The van der Waals surface area contributed by atoms with Crippen LogP contribution in [0.1, 0.15) is 29.1 Å². The zero-order valence-electron chi connectivity index (χ0n) is 9.35. The summed E-state index contributed by atoms with van der Waals surface area (Å²) in [6.45, 7) is 1.73.